The first-order valence-corrected chi connectivity index (χ1v) is 13.5. The molecule has 2 aromatic heterocycles. The monoisotopic (exact) mass is 524 g/mol. The topological polar surface area (TPSA) is 69.4 Å². The Kier molecular flexibility index (Phi) is 6.77. The number of nitrogens with zero attached hydrogens (tertiary/aromatic N) is 4. The van der Waals surface area contributed by atoms with Gasteiger partial charge in [-0.15, -0.1) is 0 Å². The third kappa shape index (κ3) is 4.53. The van der Waals surface area contributed by atoms with Gasteiger partial charge in [-0.05, 0) is 55.7 Å². The lowest BCUT2D eigenvalue weighted by molar-refractivity contribution is -0.127. The van der Waals surface area contributed by atoms with E-state index >= 15 is 0 Å². The number of thioether (sulfide) groups is 1. The molecule has 2 aromatic carbocycles. The third-order valence-electron chi connectivity index (χ3n) is 6.03. The summed E-state index contributed by atoms with van der Waals surface area (Å²) in [6, 6.07) is 15.2. The van der Waals surface area contributed by atoms with E-state index in [0.717, 1.165) is 42.9 Å². The van der Waals surface area contributed by atoms with Crippen LogP contribution in [-0.4, -0.2) is 50.9 Å². The molecule has 1 aliphatic heterocycles. The fraction of sp³-hybridized carbons (Fsp3) is 0.280. The number of methoxy groups -OCH3 is 1. The summed E-state index contributed by atoms with van der Waals surface area (Å²) in [5, 5.41) is 0.466. The molecule has 1 amide bonds. The zero-order valence-corrected chi connectivity index (χ0v) is 21.8. The number of carbonyl (C=O) groups is 1. The molecule has 35 heavy (non-hydrogen) atoms. The van der Waals surface area contributed by atoms with Crippen molar-refractivity contribution in [1.29, 1.82) is 0 Å². The molecule has 7 nitrogen and oxygen atoms in total. The molecule has 0 saturated carbocycles. The Labute approximate surface area is 216 Å². The van der Waals surface area contributed by atoms with Crippen molar-refractivity contribution >= 4 is 51.6 Å². The minimum atomic E-state index is -0.196. The van der Waals surface area contributed by atoms with Crippen LogP contribution in [-0.2, 0) is 4.79 Å². The average molecular weight is 525 g/mol. The molecule has 0 spiro atoms. The van der Waals surface area contributed by atoms with Crippen LogP contribution in [0.3, 0.4) is 0 Å². The predicted octanol–water partition coefficient (Wildman–Crippen LogP) is 5.00. The predicted molar refractivity (Wildman–Crippen MR) is 143 cm³/mol. The number of fused-ring (bicyclic) bond motifs is 1. The second-order valence-electron chi connectivity index (χ2n) is 8.26. The van der Waals surface area contributed by atoms with E-state index < -0.39 is 0 Å². The molecular formula is C25H24N4O3S3. The van der Waals surface area contributed by atoms with Crippen LogP contribution < -0.4 is 10.3 Å². The third-order valence-corrected chi connectivity index (χ3v) is 8.30. The lowest BCUT2D eigenvalue weighted by Crippen LogP contribution is -2.30. The molecule has 1 saturated heterocycles. The number of aromatic nitrogens is 3. The number of hydrogen-bond acceptors (Lipinski definition) is 7. The first kappa shape index (κ1) is 23.8. The summed E-state index contributed by atoms with van der Waals surface area (Å²) in [6.45, 7) is 3.53. The van der Waals surface area contributed by atoms with Gasteiger partial charge in [-0.2, -0.15) is 0 Å². The highest BCUT2D eigenvalue weighted by molar-refractivity contribution is 7.99. The van der Waals surface area contributed by atoms with Crippen LogP contribution >= 0.6 is 35.3 Å². The number of amides is 1. The minimum Gasteiger partial charge on any atom is -0.497 e. The zero-order valence-electron chi connectivity index (χ0n) is 19.4. The molecule has 180 valence electrons. The second kappa shape index (κ2) is 9.96. The number of rotatable bonds is 6. The van der Waals surface area contributed by atoms with Crippen molar-refractivity contribution in [2.24, 2.45) is 0 Å². The maximum Gasteiger partial charge on any atom is 0.278 e. The van der Waals surface area contributed by atoms with Gasteiger partial charge in [-0.1, -0.05) is 47.4 Å². The maximum absolute atomic E-state index is 13.9. The number of thiazole rings is 1. The van der Waals surface area contributed by atoms with E-state index in [1.807, 2.05) is 60.4 Å². The molecule has 5 rings (SSSR count). The summed E-state index contributed by atoms with van der Waals surface area (Å²) in [5.41, 5.74) is 2.75. The van der Waals surface area contributed by atoms with Gasteiger partial charge in [0.25, 0.3) is 5.56 Å². The number of ether oxygens (including phenoxy) is 1. The Morgan fingerprint density at radius 1 is 1.14 bits per heavy atom. The number of carbonyl (C=O) groups excluding carboxylic acids is 1. The van der Waals surface area contributed by atoms with E-state index in [-0.39, 0.29) is 17.2 Å². The molecule has 0 atom stereocenters. The van der Waals surface area contributed by atoms with Crippen molar-refractivity contribution in [1.82, 2.24) is 19.0 Å². The number of para-hydroxylation sites is 1. The van der Waals surface area contributed by atoms with Gasteiger partial charge in [0.05, 0.1) is 24.2 Å². The highest BCUT2D eigenvalue weighted by Gasteiger charge is 2.23. The van der Waals surface area contributed by atoms with Gasteiger partial charge >= 0.3 is 0 Å². The molecule has 0 bridgehead atoms. The maximum atomic E-state index is 13.9. The fourth-order valence-corrected chi connectivity index (χ4v) is 6.42. The molecule has 0 N–H and O–H groups in total. The van der Waals surface area contributed by atoms with E-state index in [0.29, 0.717) is 25.2 Å². The molecule has 1 aliphatic rings. The number of benzene rings is 2. The molecule has 3 heterocycles. The Bertz CT molecular complexity index is 1530. The van der Waals surface area contributed by atoms with E-state index in [1.165, 1.54) is 23.1 Å². The molecule has 10 heteroatoms. The van der Waals surface area contributed by atoms with Gasteiger partial charge in [-0.3, -0.25) is 18.7 Å². The van der Waals surface area contributed by atoms with E-state index in [4.69, 9.17) is 21.9 Å². The van der Waals surface area contributed by atoms with Crippen molar-refractivity contribution < 1.29 is 9.53 Å². The van der Waals surface area contributed by atoms with Gasteiger partial charge < -0.3 is 9.64 Å². The summed E-state index contributed by atoms with van der Waals surface area (Å²) < 4.78 is 9.78. The van der Waals surface area contributed by atoms with Crippen molar-refractivity contribution in [2.45, 2.75) is 24.9 Å². The highest BCUT2D eigenvalue weighted by Crippen LogP contribution is 2.29. The Hall–Kier alpha value is -2.95. The lowest BCUT2D eigenvalue weighted by Gasteiger charge is -2.17. The van der Waals surface area contributed by atoms with Crippen molar-refractivity contribution in [3.8, 4) is 17.1 Å². The molecule has 1 fully saturated rings. The number of aryl methyl sites for hydroxylation is 1. The Balaban J connectivity index is 1.69. The van der Waals surface area contributed by atoms with Crippen LogP contribution in [0.25, 0.3) is 21.7 Å². The molecule has 0 radical (unpaired) electrons. The van der Waals surface area contributed by atoms with Gasteiger partial charge in [0, 0.05) is 19.2 Å². The van der Waals surface area contributed by atoms with E-state index in [9.17, 15) is 9.59 Å². The Morgan fingerprint density at radius 2 is 1.91 bits per heavy atom. The molecular weight excluding hydrogens is 501 g/mol. The number of hydrogen-bond donors (Lipinski definition) is 0. The molecule has 0 unspecified atom stereocenters. The van der Waals surface area contributed by atoms with E-state index in [2.05, 4.69) is 0 Å². The van der Waals surface area contributed by atoms with Gasteiger partial charge in [0.15, 0.2) is 14.8 Å². The minimum absolute atomic E-state index is 0.0631. The van der Waals surface area contributed by atoms with Gasteiger partial charge in [0.2, 0.25) is 5.91 Å². The van der Waals surface area contributed by atoms with Crippen LogP contribution in [0.1, 0.15) is 18.4 Å². The van der Waals surface area contributed by atoms with Crippen LogP contribution in [0.15, 0.2) is 58.5 Å². The van der Waals surface area contributed by atoms with Crippen molar-refractivity contribution in [2.75, 3.05) is 26.0 Å². The highest BCUT2D eigenvalue weighted by atomic mass is 32.2. The lowest BCUT2D eigenvalue weighted by atomic mass is 10.2. The normalized spacial score (nSPS) is 13.5. The number of likely N-dealkylation sites (tertiary alicyclic amines) is 1. The first-order chi connectivity index (χ1) is 17.0. The summed E-state index contributed by atoms with van der Waals surface area (Å²) in [5.74, 6) is 0.962. The standard InChI is InChI=1S/C25H24N4O3S3/c1-16-8-3-4-11-19(16)29-23(31)21-22(26-24(29)34-15-20(30)27-12-5-6-13-27)28(25(33)35-21)17-9-7-10-18(14-17)32-2/h3-4,7-11,14H,5-6,12-13,15H2,1-2H3. The zero-order chi connectivity index (χ0) is 24.5. The Morgan fingerprint density at radius 3 is 2.66 bits per heavy atom. The summed E-state index contributed by atoms with van der Waals surface area (Å²) in [7, 11) is 1.61. The van der Waals surface area contributed by atoms with Crippen LogP contribution in [0, 0.1) is 10.9 Å². The SMILES string of the molecule is COc1cccc(-n2c(=S)sc3c(=O)n(-c4ccccc4C)c(SCC(=O)N4CCCC4)nc32)c1. The fourth-order valence-electron chi connectivity index (χ4n) is 4.22. The average Bonchev–Trinajstić information content (AvgIpc) is 3.51. The summed E-state index contributed by atoms with van der Waals surface area (Å²) >= 11 is 8.19. The summed E-state index contributed by atoms with van der Waals surface area (Å²) in [6.07, 6.45) is 2.07. The van der Waals surface area contributed by atoms with E-state index in [1.54, 1.807) is 16.2 Å². The van der Waals surface area contributed by atoms with Crippen LogP contribution in [0.4, 0.5) is 0 Å². The second-order valence-corrected chi connectivity index (χ2v) is 10.8. The largest absolute Gasteiger partial charge is 0.497 e. The van der Waals surface area contributed by atoms with Crippen molar-refractivity contribution in [3.05, 3.63) is 68.4 Å². The summed E-state index contributed by atoms with van der Waals surface area (Å²) in [4.78, 5) is 33.5. The van der Waals surface area contributed by atoms with Crippen LogP contribution in [0.5, 0.6) is 5.75 Å². The smallest absolute Gasteiger partial charge is 0.278 e. The molecule has 4 aromatic rings. The quantitative estimate of drug-likeness (QED) is 0.201. The van der Waals surface area contributed by atoms with Crippen molar-refractivity contribution in [3.63, 3.8) is 0 Å². The van der Waals surface area contributed by atoms with Gasteiger partial charge in [0.1, 0.15) is 10.4 Å². The first-order valence-electron chi connectivity index (χ1n) is 11.3. The van der Waals surface area contributed by atoms with Crippen LogP contribution in [0.2, 0.25) is 0 Å². The molecule has 0 aliphatic carbocycles. The van der Waals surface area contributed by atoms with Gasteiger partial charge in [-0.25, -0.2) is 4.98 Å².